The van der Waals surface area contributed by atoms with Crippen molar-refractivity contribution in [3.63, 3.8) is 0 Å². The Morgan fingerprint density at radius 2 is 1.56 bits per heavy atom. The fourth-order valence-corrected chi connectivity index (χ4v) is 9.41. The van der Waals surface area contributed by atoms with Gasteiger partial charge in [0.1, 0.15) is 6.10 Å². The number of hydrogen-bond donors (Lipinski definition) is 0. The quantitative estimate of drug-likeness (QED) is 0.259. The summed E-state index contributed by atoms with van der Waals surface area (Å²) >= 11 is 6.78. The molecule has 0 radical (unpaired) electrons. The van der Waals surface area contributed by atoms with Crippen LogP contribution in [0.2, 0.25) is 5.04 Å². The number of ether oxygens (including phenoxy) is 1. The highest BCUT2D eigenvalue weighted by molar-refractivity contribution is 6.99. The van der Waals surface area contributed by atoms with Crippen LogP contribution in [-0.4, -0.2) is 26.4 Å². The molecule has 0 amide bonds. The molecule has 1 aliphatic rings. The maximum absolute atomic E-state index is 7.05. The maximum Gasteiger partial charge on any atom is 0.261 e. The summed E-state index contributed by atoms with van der Waals surface area (Å²) in [7, 11) is -2.54. The number of halogens is 1. The molecule has 2 aromatic carbocycles. The third-order valence-electron chi connectivity index (χ3n) is 6.20. The minimum absolute atomic E-state index is 0.0352. The van der Waals surface area contributed by atoms with E-state index in [0.29, 0.717) is 6.61 Å². The molecule has 0 spiro atoms. The first-order valence-electron chi connectivity index (χ1n) is 11.8. The van der Waals surface area contributed by atoms with Gasteiger partial charge in [0.05, 0.1) is 11.1 Å². The molecule has 4 heteroatoms. The van der Waals surface area contributed by atoms with Gasteiger partial charge in [0.25, 0.3) is 8.32 Å². The Kier molecular flexibility index (Phi) is 8.81. The van der Waals surface area contributed by atoms with Crippen LogP contribution in [0.3, 0.4) is 0 Å². The predicted octanol–water partition coefficient (Wildman–Crippen LogP) is 6.59. The van der Waals surface area contributed by atoms with Gasteiger partial charge in [0.15, 0.2) is 0 Å². The fourth-order valence-electron chi connectivity index (χ4n) is 4.55. The maximum atomic E-state index is 7.05. The molecule has 1 heterocycles. The molecule has 0 bridgehead atoms. The lowest BCUT2D eigenvalue weighted by Gasteiger charge is -2.43. The highest BCUT2D eigenvalue weighted by Crippen LogP contribution is 2.37. The van der Waals surface area contributed by atoms with Crippen molar-refractivity contribution in [3.05, 3.63) is 84.7 Å². The molecular weight excluding hydrogens is 432 g/mol. The normalized spacial score (nSPS) is 22.6. The Hall–Kier alpha value is -1.81. The van der Waals surface area contributed by atoms with Crippen molar-refractivity contribution in [2.45, 2.75) is 69.9 Å². The molecule has 0 aliphatic carbocycles. The third kappa shape index (κ3) is 5.75. The van der Waals surface area contributed by atoms with Crippen molar-refractivity contribution < 1.29 is 9.16 Å². The van der Waals surface area contributed by atoms with Gasteiger partial charge < -0.3 is 9.16 Å². The molecule has 0 saturated heterocycles. The summed E-state index contributed by atoms with van der Waals surface area (Å²) in [5.41, 5.74) is 0. The van der Waals surface area contributed by atoms with Gasteiger partial charge in [0, 0.05) is 19.4 Å². The van der Waals surface area contributed by atoms with Gasteiger partial charge in [-0.1, -0.05) is 101 Å². The molecule has 1 aliphatic heterocycles. The van der Waals surface area contributed by atoms with Crippen LogP contribution in [0.15, 0.2) is 84.7 Å². The van der Waals surface area contributed by atoms with Gasteiger partial charge in [-0.2, -0.15) is 0 Å². The van der Waals surface area contributed by atoms with Crippen molar-refractivity contribution >= 4 is 30.3 Å². The monoisotopic (exact) mass is 468 g/mol. The van der Waals surface area contributed by atoms with E-state index in [1.165, 1.54) is 10.4 Å². The van der Waals surface area contributed by atoms with Crippen molar-refractivity contribution in [2.75, 3.05) is 6.61 Å². The van der Waals surface area contributed by atoms with E-state index in [1.54, 1.807) is 0 Å². The van der Waals surface area contributed by atoms with Gasteiger partial charge in [-0.25, -0.2) is 0 Å². The molecule has 172 valence electrons. The molecule has 0 saturated carbocycles. The summed E-state index contributed by atoms with van der Waals surface area (Å²) in [5, 5.41) is 2.50. The van der Waals surface area contributed by atoms with Crippen LogP contribution in [0.5, 0.6) is 0 Å². The zero-order chi connectivity index (χ0) is 23.0. The van der Waals surface area contributed by atoms with E-state index in [0.717, 1.165) is 31.4 Å². The first-order chi connectivity index (χ1) is 15.4. The van der Waals surface area contributed by atoms with Crippen LogP contribution in [-0.2, 0) is 9.16 Å². The Labute approximate surface area is 200 Å². The topological polar surface area (TPSA) is 18.5 Å². The summed E-state index contributed by atoms with van der Waals surface area (Å²) in [6.45, 7) is 9.67. The highest BCUT2D eigenvalue weighted by atomic mass is 35.5. The van der Waals surface area contributed by atoms with Crippen LogP contribution < -0.4 is 10.4 Å². The summed E-state index contributed by atoms with van der Waals surface area (Å²) in [5.74, 6) is 1.03. The molecule has 0 aromatic heterocycles. The van der Waals surface area contributed by atoms with Crippen LogP contribution in [0.4, 0.5) is 0 Å². The van der Waals surface area contributed by atoms with Gasteiger partial charge >= 0.3 is 0 Å². The van der Waals surface area contributed by atoms with E-state index in [9.17, 15) is 0 Å². The van der Waals surface area contributed by atoms with Gasteiger partial charge in [0.2, 0.25) is 0 Å². The van der Waals surface area contributed by atoms with Crippen molar-refractivity contribution in [2.24, 2.45) is 0 Å². The molecule has 32 heavy (non-hydrogen) atoms. The average Bonchev–Trinajstić information content (AvgIpc) is 2.88. The van der Waals surface area contributed by atoms with Gasteiger partial charge in [-0.05, 0) is 34.3 Å². The lowest BCUT2D eigenvalue weighted by Crippen LogP contribution is -2.66. The Bertz CT molecular complexity index is 847. The van der Waals surface area contributed by atoms with Crippen molar-refractivity contribution in [3.8, 4) is 0 Å². The summed E-state index contributed by atoms with van der Waals surface area (Å²) in [4.78, 5) is 0. The second-order valence-corrected chi connectivity index (χ2v) is 14.3. The summed E-state index contributed by atoms with van der Waals surface area (Å²) in [6.07, 6.45) is 9.81. The lowest BCUT2D eigenvalue weighted by molar-refractivity contribution is 0.0835. The van der Waals surface area contributed by atoms with E-state index < -0.39 is 8.32 Å². The largest absolute Gasteiger partial charge is 0.493 e. The van der Waals surface area contributed by atoms with Crippen LogP contribution in [0, 0.1) is 0 Å². The van der Waals surface area contributed by atoms with E-state index in [4.69, 9.17) is 20.8 Å². The number of allylic oxidation sites excluding steroid dienone is 4. The first-order valence-corrected chi connectivity index (χ1v) is 14.1. The Balaban J connectivity index is 1.90. The molecule has 0 fully saturated rings. The van der Waals surface area contributed by atoms with Gasteiger partial charge in [-0.15, -0.1) is 11.6 Å². The molecule has 0 N–H and O–H groups in total. The smallest absolute Gasteiger partial charge is 0.261 e. The second-order valence-electron chi connectivity index (χ2n) is 9.44. The summed E-state index contributed by atoms with van der Waals surface area (Å²) < 4.78 is 13.4. The van der Waals surface area contributed by atoms with E-state index in [-0.39, 0.29) is 16.5 Å². The number of rotatable bonds is 7. The Morgan fingerprint density at radius 3 is 2.09 bits per heavy atom. The zero-order valence-electron chi connectivity index (χ0n) is 19.9. The van der Waals surface area contributed by atoms with E-state index in [2.05, 4.69) is 107 Å². The first kappa shape index (κ1) is 24.8. The number of benzene rings is 2. The van der Waals surface area contributed by atoms with Crippen LogP contribution in [0.1, 0.15) is 53.4 Å². The third-order valence-corrected chi connectivity index (χ3v) is 11.7. The number of alkyl halides is 1. The van der Waals surface area contributed by atoms with E-state index >= 15 is 0 Å². The minimum atomic E-state index is -2.54. The van der Waals surface area contributed by atoms with Crippen molar-refractivity contribution in [1.29, 1.82) is 0 Å². The molecule has 2 atom stereocenters. The van der Waals surface area contributed by atoms with Crippen molar-refractivity contribution in [1.82, 2.24) is 0 Å². The Morgan fingerprint density at radius 1 is 0.969 bits per heavy atom. The predicted molar refractivity (Wildman–Crippen MR) is 139 cm³/mol. The van der Waals surface area contributed by atoms with Crippen LogP contribution >= 0.6 is 11.6 Å². The molecule has 3 rings (SSSR count). The second kappa shape index (κ2) is 11.4. The molecule has 2 nitrogen and oxygen atoms in total. The lowest BCUT2D eigenvalue weighted by atomic mass is 10.1. The molecular formula is C28H37ClO2Si. The SMILES string of the molecule is CC/C1=C/C/C=C\C[C@H](Cl)[C@H](CCO[Si](c2ccccc2)(c2ccccc2)C(C)(C)C)O1. The zero-order valence-corrected chi connectivity index (χ0v) is 21.6. The van der Waals surface area contributed by atoms with Crippen LogP contribution in [0.25, 0.3) is 0 Å². The molecule has 0 unspecified atom stereocenters. The van der Waals surface area contributed by atoms with E-state index in [1.807, 2.05) is 0 Å². The molecule has 2 aromatic rings. The number of hydrogen-bond acceptors (Lipinski definition) is 2. The average molecular weight is 469 g/mol. The summed E-state index contributed by atoms with van der Waals surface area (Å²) in [6, 6.07) is 21.6. The fraction of sp³-hybridized carbons (Fsp3) is 0.429. The standard InChI is InChI=1S/C28H37ClO2Si/c1-5-23-15-9-6-14-20-26(29)27(31-23)21-22-30-32(28(2,3)4,24-16-10-7-11-17-24)25-18-12-8-13-19-25/h6-8,10-19,26-27H,5,9,20-22H2,1-4H3/b14-6-,23-15-/t26-,27-/m0/s1. The van der Waals surface area contributed by atoms with Gasteiger partial charge in [-0.3, -0.25) is 0 Å². The minimum Gasteiger partial charge on any atom is -0.493 e. The highest BCUT2D eigenvalue weighted by Gasteiger charge is 2.50.